The lowest BCUT2D eigenvalue weighted by Gasteiger charge is -2.34. The van der Waals surface area contributed by atoms with Gasteiger partial charge >= 0.3 is 0 Å². The first-order valence-corrected chi connectivity index (χ1v) is 6.82. The van der Waals surface area contributed by atoms with E-state index in [9.17, 15) is 9.18 Å². The molecule has 0 saturated heterocycles. The second-order valence-electron chi connectivity index (χ2n) is 5.63. The molecule has 1 aromatic rings. The van der Waals surface area contributed by atoms with E-state index >= 15 is 0 Å². The largest absolute Gasteiger partial charge is 0.399 e. The fourth-order valence-electron chi connectivity index (χ4n) is 1.69. The molecule has 0 spiro atoms. The van der Waals surface area contributed by atoms with E-state index in [0.717, 1.165) is 6.42 Å². The molecule has 5 heteroatoms. The Morgan fingerprint density at radius 3 is 2.70 bits per heavy atom. The number of hydrogen-bond acceptors (Lipinski definition) is 3. The monoisotopic (exact) mass is 281 g/mol. The molecule has 0 bridgehead atoms. The van der Waals surface area contributed by atoms with Gasteiger partial charge < -0.3 is 16.0 Å². The molecular weight excluding hydrogens is 257 g/mol. The standard InChI is InChI=1S/C15H24FN3O/c1-5-15(2,3)19(4)9-8-14(20)18-13-10-11(17)6-7-12(13)16/h6-7,10H,5,8-9,17H2,1-4H3,(H,18,20). The molecule has 1 amide bonds. The number of amides is 1. The summed E-state index contributed by atoms with van der Waals surface area (Å²) in [6, 6.07) is 4.13. The zero-order valence-electron chi connectivity index (χ0n) is 12.7. The Hall–Kier alpha value is -1.62. The Morgan fingerprint density at radius 1 is 1.45 bits per heavy atom. The summed E-state index contributed by atoms with van der Waals surface area (Å²) in [5.74, 6) is -0.692. The highest BCUT2D eigenvalue weighted by molar-refractivity contribution is 5.91. The lowest BCUT2D eigenvalue weighted by Crippen LogP contribution is -2.41. The summed E-state index contributed by atoms with van der Waals surface area (Å²) in [7, 11) is 1.98. The number of nitrogens with one attached hydrogen (secondary N) is 1. The summed E-state index contributed by atoms with van der Waals surface area (Å²) in [6.07, 6.45) is 1.31. The van der Waals surface area contributed by atoms with E-state index in [1.807, 2.05) is 7.05 Å². The zero-order chi connectivity index (χ0) is 15.3. The van der Waals surface area contributed by atoms with Gasteiger partial charge in [0.15, 0.2) is 0 Å². The van der Waals surface area contributed by atoms with Crippen LogP contribution < -0.4 is 11.1 Å². The van der Waals surface area contributed by atoms with Crippen molar-refractivity contribution in [2.75, 3.05) is 24.6 Å². The van der Waals surface area contributed by atoms with E-state index in [1.165, 1.54) is 18.2 Å². The number of halogens is 1. The lowest BCUT2D eigenvalue weighted by molar-refractivity contribution is -0.116. The topological polar surface area (TPSA) is 58.4 Å². The number of benzene rings is 1. The van der Waals surface area contributed by atoms with Gasteiger partial charge in [-0.15, -0.1) is 0 Å². The number of nitrogen functional groups attached to an aromatic ring is 1. The van der Waals surface area contributed by atoms with Crippen LogP contribution in [0.25, 0.3) is 0 Å². The highest BCUT2D eigenvalue weighted by Gasteiger charge is 2.21. The summed E-state index contributed by atoms with van der Waals surface area (Å²) < 4.78 is 13.5. The van der Waals surface area contributed by atoms with Crippen LogP contribution in [0.4, 0.5) is 15.8 Å². The van der Waals surface area contributed by atoms with Crippen molar-refractivity contribution in [3.8, 4) is 0 Å². The van der Waals surface area contributed by atoms with Crippen molar-refractivity contribution in [1.29, 1.82) is 0 Å². The summed E-state index contributed by atoms with van der Waals surface area (Å²) >= 11 is 0. The zero-order valence-corrected chi connectivity index (χ0v) is 12.7. The molecule has 0 aliphatic heterocycles. The molecule has 0 aliphatic carbocycles. The normalized spacial score (nSPS) is 11.7. The van der Waals surface area contributed by atoms with Crippen LogP contribution in [0, 0.1) is 5.82 Å². The van der Waals surface area contributed by atoms with Crippen molar-refractivity contribution in [3.63, 3.8) is 0 Å². The Labute approximate surface area is 120 Å². The van der Waals surface area contributed by atoms with Gasteiger partial charge in [0.05, 0.1) is 5.69 Å². The summed E-state index contributed by atoms with van der Waals surface area (Å²) in [5.41, 5.74) is 6.17. The summed E-state index contributed by atoms with van der Waals surface area (Å²) in [6.45, 7) is 6.99. The van der Waals surface area contributed by atoms with Gasteiger partial charge in [-0.2, -0.15) is 0 Å². The number of nitrogens with zero attached hydrogens (tertiary/aromatic N) is 1. The number of carbonyl (C=O) groups is 1. The van der Waals surface area contributed by atoms with Crippen LogP contribution in [0.3, 0.4) is 0 Å². The van der Waals surface area contributed by atoms with Crippen molar-refractivity contribution in [2.45, 2.75) is 39.2 Å². The molecule has 0 saturated carbocycles. The second kappa shape index (κ2) is 6.70. The second-order valence-corrected chi connectivity index (χ2v) is 5.63. The first-order valence-electron chi connectivity index (χ1n) is 6.82. The fraction of sp³-hybridized carbons (Fsp3) is 0.533. The average molecular weight is 281 g/mol. The Balaban J connectivity index is 2.54. The van der Waals surface area contributed by atoms with Crippen LogP contribution in [0.15, 0.2) is 18.2 Å². The molecule has 0 radical (unpaired) electrons. The lowest BCUT2D eigenvalue weighted by atomic mass is 10.00. The molecule has 3 N–H and O–H groups in total. The first-order chi connectivity index (χ1) is 9.26. The minimum absolute atomic E-state index is 0.0444. The van der Waals surface area contributed by atoms with Crippen molar-refractivity contribution in [1.82, 2.24) is 4.90 Å². The van der Waals surface area contributed by atoms with Gasteiger partial charge in [-0.3, -0.25) is 4.79 Å². The summed E-state index contributed by atoms with van der Waals surface area (Å²) in [4.78, 5) is 14.0. The van der Waals surface area contributed by atoms with Gasteiger partial charge in [-0.05, 0) is 45.5 Å². The Morgan fingerprint density at radius 2 is 2.10 bits per heavy atom. The van der Waals surface area contributed by atoms with Crippen molar-refractivity contribution >= 4 is 17.3 Å². The van der Waals surface area contributed by atoms with Crippen LogP contribution in [0.5, 0.6) is 0 Å². The highest BCUT2D eigenvalue weighted by atomic mass is 19.1. The number of nitrogens with two attached hydrogens (primary N) is 1. The molecule has 0 aromatic heterocycles. The molecule has 0 heterocycles. The van der Waals surface area contributed by atoms with Gasteiger partial charge in [0.25, 0.3) is 0 Å². The summed E-state index contributed by atoms with van der Waals surface area (Å²) in [5, 5.41) is 2.56. The molecule has 0 aliphatic rings. The van der Waals surface area contributed by atoms with Gasteiger partial charge in [0.2, 0.25) is 5.91 Å². The maximum absolute atomic E-state index is 13.5. The Kier molecular flexibility index (Phi) is 5.51. The van der Waals surface area contributed by atoms with Crippen LogP contribution in [-0.4, -0.2) is 29.9 Å². The van der Waals surface area contributed by atoms with Crippen LogP contribution in [-0.2, 0) is 4.79 Å². The fourth-order valence-corrected chi connectivity index (χ4v) is 1.69. The minimum atomic E-state index is -0.477. The number of hydrogen-bond donors (Lipinski definition) is 2. The third kappa shape index (κ3) is 4.49. The molecule has 0 atom stereocenters. The average Bonchev–Trinajstić information content (AvgIpc) is 2.40. The number of anilines is 2. The molecule has 112 valence electrons. The molecular formula is C15H24FN3O. The van der Waals surface area contributed by atoms with Gasteiger partial charge in [-0.1, -0.05) is 6.92 Å². The van der Waals surface area contributed by atoms with E-state index in [-0.39, 0.29) is 17.1 Å². The molecule has 0 unspecified atom stereocenters. The Bertz CT molecular complexity index is 474. The predicted molar refractivity (Wildman–Crippen MR) is 81.1 cm³/mol. The van der Waals surface area contributed by atoms with Crippen molar-refractivity contribution < 1.29 is 9.18 Å². The predicted octanol–water partition coefficient (Wildman–Crippen LogP) is 2.86. The first kappa shape index (κ1) is 16.4. The molecule has 0 fully saturated rings. The van der Waals surface area contributed by atoms with Crippen molar-refractivity contribution in [3.05, 3.63) is 24.0 Å². The van der Waals surface area contributed by atoms with Gasteiger partial charge in [-0.25, -0.2) is 4.39 Å². The van der Waals surface area contributed by atoms with E-state index in [2.05, 4.69) is 31.0 Å². The number of carbonyl (C=O) groups excluding carboxylic acids is 1. The van der Waals surface area contributed by atoms with E-state index in [1.54, 1.807) is 0 Å². The SMILES string of the molecule is CCC(C)(C)N(C)CCC(=O)Nc1cc(N)ccc1F. The highest BCUT2D eigenvalue weighted by Crippen LogP contribution is 2.19. The van der Waals surface area contributed by atoms with Crippen LogP contribution in [0.2, 0.25) is 0 Å². The maximum atomic E-state index is 13.5. The minimum Gasteiger partial charge on any atom is -0.399 e. The van der Waals surface area contributed by atoms with Gasteiger partial charge in [0, 0.05) is 24.2 Å². The molecule has 1 aromatic carbocycles. The number of rotatable bonds is 6. The smallest absolute Gasteiger partial charge is 0.225 e. The third-order valence-electron chi connectivity index (χ3n) is 3.84. The third-order valence-corrected chi connectivity index (χ3v) is 3.84. The van der Waals surface area contributed by atoms with E-state index in [4.69, 9.17) is 5.73 Å². The molecule has 1 rings (SSSR count). The molecule has 4 nitrogen and oxygen atoms in total. The molecule has 20 heavy (non-hydrogen) atoms. The maximum Gasteiger partial charge on any atom is 0.225 e. The van der Waals surface area contributed by atoms with E-state index in [0.29, 0.717) is 18.7 Å². The van der Waals surface area contributed by atoms with Crippen molar-refractivity contribution in [2.24, 2.45) is 0 Å². The van der Waals surface area contributed by atoms with E-state index < -0.39 is 5.82 Å². The van der Waals surface area contributed by atoms with Crippen LogP contribution >= 0.6 is 0 Å². The quantitative estimate of drug-likeness (QED) is 0.788. The van der Waals surface area contributed by atoms with Crippen LogP contribution in [0.1, 0.15) is 33.6 Å². The van der Waals surface area contributed by atoms with Gasteiger partial charge in [0.1, 0.15) is 5.82 Å².